The molecule has 0 bridgehead atoms. The number of benzene rings is 1. The second kappa shape index (κ2) is 5.75. The molecule has 1 unspecified atom stereocenters. The third-order valence-electron chi connectivity index (χ3n) is 2.00. The Morgan fingerprint density at radius 2 is 2.24 bits per heavy atom. The molecule has 0 aliphatic carbocycles. The number of esters is 1. The summed E-state index contributed by atoms with van der Waals surface area (Å²) >= 11 is 0. The normalized spacial score (nSPS) is 11.4. The zero-order valence-electron chi connectivity index (χ0n) is 9.14. The van der Waals surface area contributed by atoms with Crippen LogP contribution < -0.4 is 0 Å². The van der Waals surface area contributed by atoms with Gasteiger partial charge in [0.1, 0.15) is 0 Å². The summed E-state index contributed by atoms with van der Waals surface area (Å²) in [6.07, 6.45) is -2.34. The minimum Gasteiger partial charge on any atom is -0.463 e. The molecular formula is C12H10FNO3. The molecule has 4 nitrogen and oxygen atoms in total. The Balaban J connectivity index is 2.89. The van der Waals surface area contributed by atoms with E-state index in [-0.39, 0.29) is 17.7 Å². The summed E-state index contributed by atoms with van der Waals surface area (Å²) < 4.78 is 17.8. The van der Waals surface area contributed by atoms with Gasteiger partial charge in [0.15, 0.2) is 0 Å². The van der Waals surface area contributed by atoms with E-state index < -0.39 is 17.9 Å². The molecule has 1 aromatic rings. The van der Waals surface area contributed by atoms with Gasteiger partial charge in [-0.1, -0.05) is 12.1 Å². The predicted octanol–water partition coefficient (Wildman–Crippen LogP) is 1.64. The van der Waals surface area contributed by atoms with Gasteiger partial charge < -0.3 is 4.74 Å². The number of carbonyl (C=O) groups excluding carboxylic acids is 2. The maximum atomic E-state index is 13.4. The Morgan fingerprint density at radius 1 is 1.53 bits per heavy atom. The van der Waals surface area contributed by atoms with Crippen LogP contribution in [-0.4, -0.2) is 24.5 Å². The van der Waals surface area contributed by atoms with Crippen molar-refractivity contribution in [2.45, 2.75) is 13.1 Å². The Morgan fingerprint density at radius 3 is 2.82 bits per heavy atom. The minimum atomic E-state index is -2.34. The van der Waals surface area contributed by atoms with Crippen LogP contribution in [0.2, 0.25) is 0 Å². The van der Waals surface area contributed by atoms with Crippen molar-refractivity contribution in [2.75, 3.05) is 6.61 Å². The molecule has 0 heterocycles. The van der Waals surface area contributed by atoms with Crippen molar-refractivity contribution in [2.24, 2.45) is 0 Å². The summed E-state index contributed by atoms with van der Waals surface area (Å²) in [4.78, 5) is 22.6. The molecule has 0 saturated heterocycles. The van der Waals surface area contributed by atoms with E-state index in [1.807, 2.05) is 6.07 Å². The van der Waals surface area contributed by atoms with Gasteiger partial charge in [0.05, 0.1) is 18.2 Å². The van der Waals surface area contributed by atoms with Crippen LogP contribution in [0.4, 0.5) is 4.39 Å². The lowest BCUT2D eigenvalue weighted by Crippen LogP contribution is -2.27. The standard InChI is InChI=1S/C12H10FNO3/c1-2-17-12(16)10(13)11(15)9-5-3-4-8(6-9)7-14/h3-6,10H,2H2,1H3. The summed E-state index contributed by atoms with van der Waals surface area (Å²) in [5, 5.41) is 8.63. The molecule has 0 N–H and O–H groups in total. The zero-order valence-corrected chi connectivity index (χ0v) is 9.14. The number of nitrogens with zero attached hydrogens (tertiary/aromatic N) is 1. The molecule has 0 spiro atoms. The molecule has 0 fully saturated rings. The fourth-order valence-corrected chi connectivity index (χ4v) is 1.21. The Bertz CT molecular complexity index is 479. The van der Waals surface area contributed by atoms with E-state index in [0.29, 0.717) is 0 Å². The molecule has 88 valence electrons. The molecule has 1 atom stereocenters. The van der Waals surface area contributed by atoms with Crippen molar-refractivity contribution in [3.8, 4) is 6.07 Å². The van der Waals surface area contributed by atoms with E-state index in [1.165, 1.54) is 31.2 Å². The topological polar surface area (TPSA) is 67.2 Å². The average molecular weight is 235 g/mol. The third kappa shape index (κ3) is 3.11. The van der Waals surface area contributed by atoms with Crippen molar-refractivity contribution < 1.29 is 18.7 Å². The number of ether oxygens (including phenoxy) is 1. The van der Waals surface area contributed by atoms with Gasteiger partial charge >= 0.3 is 5.97 Å². The van der Waals surface area contributed by atoms with Gasteiger partial charge in [0, 0.05) is 5.56 Å². The number of hydrogen-bond acceptors (Lipinski definition) is 4. The van der Waals surface area contributed by atoms with Crippen LogP contribution in [0.1, 0.15) is 22.8 Å². The highest BCUT2D eigenvalue weighted by molar-refractivity contribution is 6.11. The SMILES string of the molecule is CCOC(=O)C(F)C(=O)c1cccc(C#N)c1. The van der Waals surface area contributed by atoms with Crippen LogP contribution >= 0.6 is 0 Å². The largest absolute Gasteiger partial charge is 0.463 e. The number of hydrogen-bond donors (Lipinski definition) is 0. The number of ketones is 1. The van der Waals surface area contributed by atoms with E-state index in [2.05, 4.69) is 4.74 Å². The molecule has 5 heteroatoms. The summed E-state index contributed by atoms with van der Waals surface area (Å²) in [5.41, 5.74) is 0.205. The van der Waals surface area contributed by atoms with Crippen molar-refractivity contribution in [1.82, 2.24) is 0 Å². The molecule has 0 aromatic heterocycles. The zero-order chi connectivity index (χ0) is 12.8. The van der Waals surface area contributed by atoms with Gasteiger partial charge in [0.25, 0.3) is 6.17 Å². The van der Waals surface area contributed by atoms with E-state index in [0.717, 1.165) is 0 Å². The van der Waals surface area contributed by atoms with Crippen LogP contribution in [0.3, 0.4) is 0 Å². The van der Waals surface area contributed by atoms with Crippen LogP contribution in [0.5, 0.6) is 0 Å². The van der Waals surface area contributed by atoms with Gasteiger partial charge in [-0.15, -0.1) is 0 Å². The first-order chi connectivity index (χ1) is 8.10. The quantitative estimate of drug-likeness (QED) is 0.452. The van der Waals surface area contributed by atoms with Crippen LogP contribution in [0, 0.1) is 11.3 Å². The second-order valence-electron chi connectivity index (χ2n) is 3.17. The predicted molar refractivity (Wildman–Crippen MR) is 57.0 cm³/mol. The first-order valence-electron chi connectivity index (χ1n) is 4.95. The van der Waals surface area contributed by atoms with Gasteiger partial charge in [-0.25, -0.2) is 9.18 Å². The smallest absolute Gasteiger partial charge is 0.348 e. The van der Waals surface area contributed by atoms with Gasteiger partial charge in [-0.2, -0.15) is 5.26 Å². The lowest BCUT2D eigenvalue weighted by molar-refractivity contribution is -0.147. The van der Waals surface area contributed by atoms with Crippen molar-refractivity contribution in [1.29, 1.82) is 5.26 Å². The van der Waals surface area contributed by atoms with Crippen LogP contribution in [0.25, 0.3) is 0 Å². The second-order valence-corrected chi connectivity index (χ2v) is 3.17. The van der Waals surface area contributed by atoms with Gasteiger partial charge in [-0.05, 0) is 19.1 Å². The number of rotatable bonds is 4. The summed E-state index contributed by atoms with van der Waals surface area (Å²) in [5.74, 6) is -2.21. The molecular weight excluding hydrogens is 225 g/mol. The number of halogens is 1. The molecule has 0 amide bonds. The molecule has 0 aliphatic rings. The van der Waals surface area contributed by atoms with Gasteiger partial charge in [-0.3, -0.25) is 4.79 Å². The molecule has 0 saturated carbocycles. The Hall–Kier alpha value is -2.22. The van der Waals surface area contributed by atoms with Gasteiger partial charge in [0.2, 0.25) is 5.78 Å². The molecule has 1 rings (SSSR count). The maximum absolute atomic E-state index is 13.4. The van der Waals surface area contributed by atoms with Crippen molar-refractivity contribution in [3.63, 3.8) is 0 Å². The highest BCUT2D eigenvalue weighted by Gasteiger charge is 2.28. The number of carbonyl (C=O) groups is 2. The highest BCUT2D eigenvalue weighted by Crippen LogP contribution is 2.10. The van der Waals surface area contributed by atoms with E-state index in [9.17, 15) is 14.0 Å². The van der Waals surface area contributed by atoms with Crippen LogP contribution in [-0.2, 0) is 9.53 Å². The summed E-state index contributed by atoms with van der Waals surface area (Å²) in [6, 6.07) is 7.33. The third-order valence-corrected chi connectivity index (χ3v) is 2.00. The minimum absolute atomic E-state index is 0.00473. The van der Waals surface area contributed by atoms with E-state index in [1.54, 1.807) is 0 Å². The maximum Gasteiger partial charge on any atom is 0.348 e. The molecule has 17 heavy (non-hydrogen) atoms. The number of Topliss-reactive ketones (excluding diaryl/α,β-unsaturated/α-hetero) is 1. The highest BCUT2D eigenvalue weighted by atomic mass is 19.1. The van der Waals surface area contributed by atoms with Crippen molar-refractivity contribution in [3.05, 3.63) is 35.4 Å². The monoisotopic (exact) mass is 235 g/mol. The van der Waals surface area contributed by atoms with E-state index >= 15 is 0 Å². The Kier molecular flexibility index (Phi) is 4.35. The van der Waals surface area contributed by atoms with Crippen molar-refractivity contribution >= 4 is 11.8 Å². The summed E-state index contributed by atoms with van der Waals surface area (Å²) in [6.45, 7) is 1.52. The lowest BCUT2D eigenvalue weighted by Gasteiger charge is -2.06. The first kappa shape index (κ1) is 12.8. The first-order valence-corrected chi connectivity index (χ1v) is 4.95. The number of nitriles is 1. The molecule has 1 aromatic carbocycles. The van der Waals surface area contributed by atoms with E-state index in [4.69, 9.17) is 5.26 Å². The number of alkyl halides is 1. The summed E-state index contributed by atoms with van der Waals surface area (Å²) in [7, 11) is 0. The van der Waals surface area contributed by atoms with Crippen LogP contribution in [0.15, 0.2) is 24.3 Å². The average Bonchev–Trinajstić information content (AvgIpc) is 2.37. The molecule has 0 aliphatic heterocycles. The Labute approximate surface area is 97.6 Å². The lowest BCUT2D eigenvalue weighted by atomic mass is 10.0. The fraction of sp³-hybridized carbons (Fsp3) is 0.250. The fourth-order valence-electron chi connectivity index (χ4n) is 1.21. The molecule has 0 radical (unpaired) electrons.